The molecule has 0 aliphatic carbocycles. The number of halogens is 3. The van der Waals surface area contributed by atoms with Gasteiger partial charge in [0.1, 0.15) is 0 Å². The molecule has 1 aliphatic rings. The molecule has 2 aromatic rings. The Morgan fingerprint density at radius 2 is 1.88 bits per heavy atom. The lowest BCUT2D eigenvalue weighted by molar-refractivity contribution is 0.0924. The monoisotopic (exact) mass is 380 g/mol. The van der Waals surface area contributed by atoms with Crippen LogP contribution in [0.4, 0.5) is 8.78 Å². The number of carbonyl (C=O) groups excluding carboxylic acids is 1. The van der Waals surface area contributed by atoms with Crippen LogP contribution in [0, 0.1) is 25.5 Å². The molecule has 0 spiro atoms. The zero-order valence-corrected chi connectivity index (χ0v) is 15.6. The van der Waals surface area contributed by atoms with Crippen molar-refractivity contribution < 1.29 is 13.6 Å². The minimum absolute atomic E-state index is 0. The summed E-state index contributed by atoms with van der Waals surface area (Å²) in [6.07, 6.45) is 0.753. The SMILES string of the molecule is Cc1ccc(C(=O)NC2CNCCC2c2ccc(F)c(F)c2)c(C)c1.Cl. The van der Waals surface area contributed by atoms with Crippen molar-refractivity contribution in [2.75, 3.05) is 13.1 Å². The Balaban J connectivity index is 0.00000243. The topological polar surface area (TPSA) is 41.1 Å². The molecule has 1 saturated heterocycles. The van der Waals surface area contributed by atoms with Crippen molar-refractivity contribution in [3.05, 3.63) is 70.3 Å². The smallest absolute Gasteiger partial charge is 0.251 e. The van der Waals surface area contributed by atoms with E-state index in [9.17, 15) is 13.6 Å². The Bertz CT molecular complexity index is 797. The van der Waals surface area contributed by atoms with Gasteiger partial charge in [0.05, 0.1) is 0 Å². The van der Waals surface area contributed by atoms with Crippen LogP contribution in [0.15, 0.2) is 36.4 Å². The molecule has 2 atom stereocenters. The summed E-state index contributed by atoms with van der Waals surface area (Å²) in [6, 6.07) is 9.52. The standard InChI is InChI=1S/C20H22F2N2O.ClH/c1-12-3-5-15(13(2)9-12)20(25)24-19-11-23-8-7-16(19)14-4-6-17(21)18(22)10-14;/h3-6,9-10,16,19,23H,7-8,11H2,1-2H3,(H,24,25);1H. The van der Waals surface area contributed by atoms with Crippen LogP contribution in [0.2, 0.25) is 0 Å². The second kappa shape index (κ2) is 8.60. The molecule has 3 nitrogen and oxygen atoms in total. The van der Waals surface area contributed by atoms with E-state index in [1.54, 1.807) is 6.07 Å². The van der Waals surface area contributed by atoms with E-state index in [0.717, 1.165) is 30.2 Å². The fourth-order valence-electron chi connectivity index (χ4n) is 3.47. The molecular formula is C20H23ClF2N2O. The molecule has 1 aliphatic heterocycles. The number of hydrogen-bond acceptors (Lipinski definition) is 2. The summed E-state index contributed by atoms with van der Waals surface area (Å²) < 4.78 is 26.8. The largest absolute Gasteiger partial charge is 0.347 e. The van der Waals surface area contributed by atoms with Crippen molar-refractivity contribution >= 4 is 18.3 Å². The summed E-state index contributed by atoms with van der Waals surface area (Å²) in [7, 11) is 0. The molecule has 3 rings (SSSR count). The fourth-order valence-corrected chi connectivity index (χ4v) is 3.47. The molecule has 6 heteroatoms. The average Bonchev–Trinajstić information content (AvgIpc) is 2.58. The number of amides is 1. The van der Waals surface area contributed by atoms with Crippen LogP contribution >= 0.6 is 12.4 Å². The third kappa shape index (κ3) is 4.40. The molecule has 1 fully saturated rings. The van der Waals surface area contributed by atoms with E-state index in [2.05, 4.69) is 10.6 Å². The molecular weight excluding hydrogens is 358 g/mol. The molecule has 1 heterocycles. The van der Waals surface area contributed by atoms with Gasteiger partial charge < -0.3 is 10.6 Å². The average molecular weight is 381 g/mol. The summed E-state index contributed by atoms with van der Waals surface area (Å²) in [5.41, 5.74) is 3.38. The van der Waals surface area contributed by atoms with Crippen molar-refractivity contribution in [2.45, 2.75) is 32.2 Å². The van der Waals surface area contributed by atoms with Gasteiger partial charge in [-0.05, 0) is 56.1 Å². The number of carbonyl (C=O) groups is 1. The van der Waals surface area contributed by atoms with Crippen molar-refractivity contribution in [1.29, 1.82) is 0 Å². The lowest BCUT2D eigenvalue weighted by Gasteiger charge is -2.33. The van der Waals surface area contributed by atoms with Crippen molar-refractivity contribution in [1.82, 2.24) is 10.6 Å². The molecule has 140 valence electrons. The van der Waals surface area contributed by atoms with E-state index in [4.69, 9.17) is 0 Å². The van der Waals surface area contributed by atoms with Crippen molar-refractivity contribution in [2.24, 2.45) is 0 Å². The summed E-state index contributed by atoms with van der Waals surface area (Å²) in [6.45, 7) is 5.27. The Labute approximate surface area is 158 Å². The summed E-state index contributed by atoms with van der Waals surface area (Å²) in [5, 5.41) is 6.32. The minimum atomic E-state index is -0.853. The minimum Gasteiger partial charge on any atom is -0.347 e. The second-order valence-corrected chi connectivity index (χ2v) is 6.67. The second-order valence-electron chi connectivity index (χ2n) is 6.67. The molecule has 2 N–H and O–H groups in total. The van der Waals surface area contributed by atoms with Crippen LogP contribution in [0.25, 0.3) is 0 Å². The van der Waals surface area contributed by atoms with E-state index in [0.29, 0.717) is 17.7 Å². The van der Waals surface area contributed by atoms with Crippen molar-refractivity contribution in [3.63, 3.8) is 0 Å². The summed E-state index contributed by atoms with van der Waals surface area (Å²) >= 11 is 0. The molecule has 2 aromatic carbocycles. The maximum absolute atomic E-state index is 13.6. The Morgan fingerprint density at radius 1 is 1.12 bits per heavy atom. The highest BCUT2D eigenvalue weighted by Gasteiger charge is 2.29. The van der Waals surface area contributed by atoms with Gasteiger partial charge in [-0.15, -0.1) is 12.4 Å². The third-order valence-electron chi connectivity index (χ3n) is 4.80. The molecule has 2 unspecified atom stereocenters. The van der Waals surface area contributed by atoms with Gasteiger partial charge in [-0.25, -0.2) is 8.78 Å². The number of piperidine rings is 1. The molecule has 26 heavy (non-hydrogen) atoms. The highest BCUT2D eigenvalue weighted by Crippen LogP contribution is 2.27. The normalized spacial score (nSPS) is 19.5. The van der Waals surface area contributed by atoms with Crippen LogP contribution in [0.5, 0.6) is 0 Å². The van der Waals surface area contributed by atoms with Crippen LogP contribution in [0.1, 0.15) is 39.4 Å². The first kappa shape index (κ1) is 20.3. The van der Waals surface area contributed by atoms with Gasteiger partial charge >= 0.3 is 0 Å². The summed E-state index contributed by atoms with van der Waals surface area (Å²) in [4.78, 5) is 12.7. The highest BCUT2D eigenvalue weighted by atomic mass is 35.5. The van der Waals surface area contributed by atoms with Crippen LogP contribution in [-0.4, -0.2) is 25.0 Å². The molecule has 0 aromatic heterocycles. The number of benzene rings is 2. The predicted molar refractivity (Wildman–Crippen MR) is 101 cm³/mol. The maximum Gasteiger partial charge on any atom is 0.251 e. The van der Waals surface area contributed by atoms with E-state index in [1.165, 1.54) is 6.07 Å². The van der Waals surface area contributed by atoms with E-state index in [-0.39, 0.29) is 30.3 Å². The van der Waals surface area contributed by atoms with Gasteiger partial charge in [-0.1, -0.05) is 23.8 Å². The lowest BCUT2D eigenvalue weighted by Crippen LogP contribution is -2.50. The van der Waals surface area contributed by atoms with E-state index in [1.807, 2.05) is 32.0 Å². The van der Waals surface area contributed by atoms with Crippen molar-refractivity contribution in [3.8, 4) is 0 Å². The van der Waals surface area contributed by atoms with Gasteiger partial charge in [0.25, 0.3) is 5.91 Å². The van der Waals surface area contributed by atoms with Gasteiger partial charge in [-0.3, -0.25) is 4.79 Å². The van der Waals surface area contributed by atoms with Gasteiger partial charge in [0, 0.05) is 24.1 Å². The van der Waals surface area contributed by atoms with Gasteiger partial charge in [0.2, 0.25) is 0 Å². The maximum atomic E-state index is 13.6. The van der Waals surface area contributed by atoms with Crippen LogP contribution in [0.3, 0.4) is 0 Å². The fraction of sp³-hybridized carbons (Fsp3) is 0.350. The van der Waals surface area contributed by atoms with Gasteiger partial charge in [0.15, 0.2) is 11.6 Å². The van der Waals surface area contributed by atoms with Gasteiger partial charge in [-0.2, -0.15) is 0 Å². The first-order chi connectivity index (χ1) is 12.0. The number of rotatable bonds is 3. The van der Waals surface area contributed by atoms with E-state index < -0.39 is 11.6 Å². The zero-order chi connectivity index (χ0) is 18.0. The Kier molecular flexibility index (Phi) is 6.73. The molecule has 1 amide bonds. The molecule has 0 saturated carbocycles. The Morgan fingerprint density at radius 3 is 2.58 bits per heavy atom. The molecule has 0 radical (unpaired) electrons. The highest BCUT2D eigenvalue weighted by molar-refractivity contribution is 5.96. The lowest BCUT2D eigenvalue weighted by atomic mass is 9.85. The summed E-state index contributed by atoms with van der Waals surface area (Å²) in [5.74, 6) is -1.89. The van der Waals surface area contributed by atoms with Crippen LogP contribution < -0.4 is 10.6 Å². The van der Waals surface area contributed by atoms with E-state index >= 15 is 0 Å². The zero-order valence-electron chi connectivity index (χ0n) is 14.8. The number of hydrogen-bond donors (Lipinski definition) is 2. The first-order valence-corrected chi connectivity index (χ1v) is 8.49. The first-order valence-electron chi connectivity index (χ1n) is 8.49. The Hall–Kier alpha value is -1.98. The number of aryl methyl sites for hydroxylation is 2. The number of nitrogens with one attached hydrogen (secondary N) is 2. The molecule has 0 bridgehead atoms. The van der Waals surface area contributed by atoms with Crippen LogP contribution in [-0.2, 0) is 0 Å². The quantitative estimate of drug-likeness (QED) is 0.848. The predicted octanol–water partition coefficient (Wildman–Crippen LogP) is 3.88. The third-order valence-corrected chi connectivity index (χ3v) is 4.80.